The molecule has 1 N–H and O–H groups in total. The predicted molar refractivity (Wildman–Crippen MR) is 106 cm³/mol. The van der Waals surface area contributed by atoms with Gasteiger partial charge in [0.25, 0.3) is 0 Å². The van der Waals surface area contributed by atoms with Gasteiger partial charge in [0, 0.05) is 5.41 Å². The van der Waals surface area contributed by atoms with Gasteiger partial charge in [-0.1, -0.05) is 12.1 Å². The number of ether oxygens (including phenoxy) is 2. The zero-order valence-electron chi connectivity index (χ0n) is 16.9. The van der Waals surface area contributed by atoms with Gasteiger partial charge in [0.2, 0.25) is 5.91 Å². The lowest BCUT2D eigenvalue weighted by Crippen LogP contribution is -2.54. The molecule has 5 heteroatoms. The minimum Gasteiger partial charge on any atom is -0.497 e. The molecule has 0 unspecified atom stereocenters. The van der Waals surface area contributed by atoms with Gasteiger partial charge in [-0.25, -0.2) is 0 Å². The molecular weight excluding hydrogens is 354 g/mol. The van der Waals surface area contributed by atoms with E-state index in [0.29, 0.717) is 24.4 Å². The minimum absolute atomic E-state index is 0.136. The maximum absolute atomic E-state index is 13.5. The highest BCUT2D eigenvalue weighted by atomic mass is 16.5. The molecule has 4 fully saturated rings. The smallest absolute Gasteiger partial charge is 0.308 e. The van der Waals surface area contributed by atoms with Crippen LogP contribution in [0.1, 0.15) is 63.5 Å². The van der Waals surface area contributed by atoms with E-state index in [1.165, 1.54) is 19.3 Å². The Hall–Kier alpha value is -2.04. The molecule has 0 radical (unpaired) electrons. The molecule has 4 saturated carbocycles. The Morgan fingerprint density at radius 1 is 1.07 bits per heavy atom. The maximum Gasteiger partial charge on any atom is 0.308 e. The van der Waals surface area contributed by atoms with Gasteiger partial charge in [0.05, 0.1) is 26.2 Å². The van der Waals surface area contributed by atoms with E-state index < -0.39 is 0 Å². The van der Waals surface area contributed by atoms with Crippen molar-refractivity contribution in [3.63, 3.8) is 0 Å². The van der Waals surface area contributed by atoms with Crippen LogP contribution in [0, 0.1) is 23.2 Å². The molecular formula is C23H31NO4. The van der Waals surface area contributed by atoms with E-state index in [1.807, 2.05) is 24.3 Å². The summed E-state index contributed by atoms with van der Waals surface area (Å²) in [7, 11) is 1.62. The molecule has 0 heterocycles. The zero-order chi connectivity index (χ0) is 19.7. The zero-order valence-corrected chi connectivity index (χ0v) is 16.9. The Balaban J connectivity index is 1.52. The molecule has 4 aliphatic carbocycles. The van der Waals surface area contributed by atoms with Crippen LogP contribution in [-0.2, 0) is 14.3 Å². The van der Waals surface area contributed by atoms with Gasteiger partial charge in [-0.05, 0) is 80.9 Å². The Labute approximate surface area is 167 Å². The third-order valence-corrected chi connectivity index (χ3v) is 7.02. The monoisotopic (exact) mass is 385 g/mol. The van der Waals surface area contributed by atoms with Crippen molar-refractivity contribution in [1.29, 1.82) is 0 Å². The number of amides is 1. The van der Waals surface area contributed by atoms with E-state index in [-0.39, 0.29) is 29.8 Å². The van der Waals surface area contributed by atoms with Gasteiger partial charge in [-0.2, -0.15) is 0 Å². The van der Waals surface area contributed by atoms with Crippen LogP contribution in [0.25, 0.3) is 0 Å². The summed E-state index contributed by atoms with van der Waals surface area (Å²) in [4.78, 5) is 25.6. The molecule has 4 bridgehead atoms. The summed E-state index contributed by atoms with van der Waals surface area (Å²) in [5.41, 5.74) is 0.681. The largest absolute Gasteiger partial charge is 0.497 e. The lowest BCUT2D eigenvalue weighted by molar-refractivity contribution is -0.148. The number of nitrogens with one attached hydrogen (secondary N) is 1. The Morgan fingerprint density at radius 2 is 1.64 bits per heavy atom. The topological polar surface area (TPSA) is 64.6 Å². The SMILES string of the molecule is CCOC(=O)C[C@@H](NC(=O)C12CC3CC(CC(C3)C1)C2)c1ccc(OC)cc1. The van der Waals surface area contributed by atoms with Gasteiger partial charge in [-0.15, -0.1) is 0 Å². The van der Waals surface area contributed by atoms with Crippen LogP contribution in [0.5, 0.6) is 5.75 Å². The predicted octanol–water partition coefficient (Wildman–Crippen LogP) is 4.02. The number of methoxy groups -OCH3 is 1. The van der Waals surface area contributed by atoms with Crippen LogP contribution in [-0.4, -0.2) is 25.6 Å². The van der Waals surface area contributed by atoms with Crippen molar-refractivity contribution in [3.8, 4) is 5.75 Å². The average Bonchev–Trinajstić information content (AvgIpc) is 2.66. The van der Waals surface area contributed by atoms with Crippen LogP contribution < -0.4 is 10.1 Å². The number of rotatable bonds is 7. The molecule has 0 aliphatic heterocycles. The second-order valence-corrected chi connectivity index (χ2v) is 9.01. The first-order valence-corrected chi connectivity index (χ1v) is 10.6. The third kappa shape index (κ3) is 3.76. The van der Waals surface area contributed by atoms with E-state index in [2.05, 4.69) is 5.32 Å². The van der Waals surface area contributed by atoms with Crippen molar-refractivity contribution in [2.24, 2.45) is 23.2 Å². The number of hydrogen-bond acceptors (Lipinski definition) is 4. The van der Waals surface area contributed by atoms with Gasteiger partial charge in [0.15, 0.2) is 0 Å². The summed E-state index contributed by atoms with van der Waals surface area (Å²) < 4.78 is 10.4. The molecule has 0 spiro atoms. The second-order valence-electron chi connectivity index (χ2n) is 9.01. The summed E-state index contributed by atoms with van der Waals surface area (Å²) in [6, 6.07) is 7.20. The third-order valence-electron chi connectivity index (χ3n) is 7.02. The van der Waals surface area contributed by atoms with Crippen LogP contribution in [0.4, 0.5) is 0 Å². The average molecular weight is 386 g/mol. The van der Waals surface area contributed by atoms with Crippen LogP contribution in [0.15, 0.2) is 24.3 Å². The molecule has 4 aliphatic rings. The number of hydrogen-bond donors (Lipinski definition) is 1. The Bertz CT molecular complexity index is 691. The molecule has 0 saturated heterocycles. The van der Waals surface area contributed by atoms with Gasteiger partial charge in [0.1, 0.15) is 5.75 Å². The number of benzene rings is 1. The molecule has 1 aromatic rings. The molecule has 1 atom stereocenters. The summed E-state index contributed by atoms with van der Waals surface area (Å²) in [6.07, 6.45) is 7.10. The van der Waals surface area contributed by atoms with E-state index in [9.17, 15) is 9.59 Å². The second kappa shape index (κ2) is 7.76. The first kappa shape index (κ1) is 19.3. The molecule has 28 heavy (non-hydrogen) atoms. The quantitative estimate of drug-likeness (QED) is 0.720. The van der Waals surface area contributed by atoms with Crippen molar-refractivity contribution in [2.45, 2.75) is 57.9 Å². The summed E-state index contributed by atoms with van der Waals surface area (Å²) in [6.45, 7) is 2.14. The fourth-order valence-corrected chi connectivity index (χ4v) is 6.18. The van der Waals surface area contributed by atoms with Crippen LogP contribution in [0.2, 0.25) is 0 Å². The molecule has 1 aromatic carbocycles. The lowest BCUT2D eigenvalue weighted by atomic mass is 9.49. The first-order chi connectivity index (χ1) is 13.5. The highest BCUT2D eigenvalue weighted by Gasteiger charge is 2.54. The van der Waals surface area contributed by atoms with Crippen molar-refractivity contribution < 1.29 is 19.1 Å². The van der Waals surface area contributed by atoms with E-state index >= 15 is 0 Å². The fourth-order valence-electron chi connectivity index (χ4n) is 6.18. The lowest BCUT2D eigenvalue weighted by Gasteiger charge is -2.55. The highest BCUT2D eigenvalue weighted by Crippen LogP contribution is 2.60. The normalized spacial score (nSPS) is 31.3. The Morgan fingerprint density at radius 3 is 2.14 bits per heavy atom. The molecule has 152 valence electrons. The Kier molecular flexibility index (Phi) is 5.35. The molecule has 5 nitrogen and oxygen atoms in total. The van der Waals surface area contributed by atoms with Crippen molar-refractivity contribution in [1.82, 2.24) is 5.32 Å². The summed E-state index contributed by atoms with van der Waals surface area (Å²) >= 11 is 0. The van der Waals surface area contributed by atoms with Gasteiger partial charge in [-0.3, -0.25) is 9.59 Å². The van der Waals surface area contributed by atoms with E-state index in [4.69, 9.17) is 9.47 Å². The van der Waals surface area contributed by atoms with Crippen molar-refractivity contribution >= 4 is 11.9 Å². The standard InChI is InChI=1S/C23H31NO4/c1-3-28-21(25)11-20(18-4-6-19(27-2)7-5-18)24-22(26)23-12-15-8-16(13-23)10-17(9-15)14-23/h4-7,15-17,20H,3,8-14H2,1-2H3,(H,24,26)/t15?,16?,17?,20-,23?/m1/s1. The van der Waals surface area contributed by atoms with E-state index in [1.54, 1.807) is 14.0 Å². The molecule has 5 rings (SSSR count). The summed E-state index contributed by atoms with van der Waals surface area (Å²) in [5.74, 6) is 2.74. The number of carbonyl (C=O) groups excluding carboxylic acids is 2. The number of carbonyl (C=O) groups is 2. The van der Waals surface area contributed by atoms with Crippen molar-refractivity contribution in [2.75, 3.05) is 13.7 Å². The fraction of sp³-hybridized carbons (Fsp3) is 0.652. The number of esters is 1. The van der Waals surface area contributed by atoms with Gasteiger partial charge < -0.3 is 14.8 Å². The first-order valence-electron chi connectivity index (χ1n) is 10.6. The minimum atomic E-state index is -0.370. The van der Waals surface area contributed by atoms with Crippen molar-refractivity contribution in [3.05, 3.63) is 29.8 Å². The molecule has 1 amide bonds. The maximum atomic E-state index is 13.5. The summed E-state index contributed by atoms with van der Waals surface area (Å²) in [5, 5.41) is 3.24. The van der Waals surface area contributed by atoms with Gasteiger partial charge >= 0.3 is 5.97 Å². The van der Waals surface area contributed by atoms with Crippen LogP contribution in [0.3, 0.4) is 0 Å². The van der Waals surface area contributed by atoms with Crippen LogP contribution >= 0.6 is 0 Å². The highest BCUT2D eigenvalue weighted by molar-refractivity contribution is 5.84. The van der Waals surface area contributed by atoms with E-state index in [0.717, 1.165) is 30.6 Å². The molecule has 0 aromatic heterocycles.